The third kappa shape index (κ3) is 10.6. The van der Waals surface area contributed by atoms with Crippen molar-refractivity contribution in [1.82, 2.24) is 5.32 Å². The van der Waals surface area contributed by atoms with Crippen molar-refractivity contribution >= 4 is 0 Å². The maximum absolute atomic E-state index is 9.15. The van der Waals surface area contributed by atoms with Crippen LogP contribution in [0.4, 0.5) is 0 Å². The Morgan fingerprint density at radius 2 is 1.66 bits per heavy atom. The van der Waals surface area contributed by atoms with E-state index in [4.69, 9.17) is 45.8 Å². The zero-order valence-corrected chi connectivity index (χ0v) is 18.8. The maximum atomic E-state index is 9.15. The van der Waals surface area contributed by atoms with Crippen molar-refractivity contribution in [2.24, 2.45) is 11.5 Å². The zero-order chi connectivity index (χ0) is 24.1. The molecule has 2 aliphatic heterocycles. The van der Waals surface area contributed by atoms with Crippen molar-refractivity contribution in [2.75, 3.05) is 33.5 Å². The van der Waals surface area contributed by atoms with Crippen LogP contribution in [0, 0.1) is 0 Å². The molecule has 0 bridgehead atoms. The average Bonchev–Trinajstić information content (AvgIpc) is 3.24. The molecule has 3 fully saturated rings. The highest BCUT2D eigenvalue weighted by molar-refractivity contribution is 4.88. The molecular weight excluding hydrogens is 426 g/mol. The van der Waals surface area contributed by atoms with Gasteiger partial charge in [-0.05, 0) is 32.7 Å². The van der Waals surface area contributed by atoms with Crippen LogP contribution in [0.25, 0.3) is 0 Å². The largest absolute Gasteiger partial charge is 0.395 e. The minimum Gasteiger partial charge on any atom is -0.395 e. The van der Waals surface area contributed by atoms with Gasteiger partial charge in [0.2, 0.25) is 0 Å². The van der Waals surface area contributed by atoms with Crippen molar-refractivity contribution in [3.63, 3.8) is 0 Å². The molecule has 3 rings (SSSR count). The fourth-order valence-electron chi connectivity index (χ4n) is 3.93. The van der Waals surface area contributed by atoms with Gasteiger partial charge in [-0.1, -0.05) is 0 Å². The molecule has 0 radical (unpaired) electrons. The molecule has 3 aliphatic rings. The molecule has 0 aromatic rings. The monoisotopic (exact) mass is 469 g/mol. The molecule has 6 unspecified atom stereocenters. The number of rotatable bonds is 7. The van der Waals surface area contributed by atoms with Crippen LogP contribution in [0.15, 0.2) is 0 Å². The zero-order valence-electron chi connectivity index (χ0n) is 18.8. The Kier molecular flexibility index (Phi) is 15.0. The molecule has 192 valence electrons. The number of hydrogen-bond donors (Lipinski definition) is 9. The van der Waals surface area contributed by atoms with Crippen LogP contribution in [0.1, 0.15) is 38.5 Å². The highest BCUT2D eigenvalue weighted by Crippen LogP contribution is 2.27. The molecule has 1 aliphatic carbocycles. The quantitative estimate of drug-likeness (QED) is 0.179. The van der Waals surface area contributed by atoms with Crippen LogP contribution in [0.3, 0.4) is 0 Å². The summed E-state index contributed by atoms with van der Waals surface area (Å²) >= 11 is 0. The van der Waals surface area contributed by atoms with Gasteiger partial charge in [-0.2, -0.15) is 0 Å². The summed E-state index contributed by atoms with van der Waals surface area (Å²) in [7, 11) is 1.50. The van der Waals surface area contributed by atoms with Crippen molar-refractivity contribution in [3.8, 4) is 0 Å². The molecule has 0 aromatic heterocycles. The second-order valence-corrected chi connectivity index (χ2v) is 8.26. The number of ether oxygens (including phenoxy) is 3. The average molecular weight is 470 g/mol. The molecular formula is C20H43N3O9. The van der Waals surface area contributed by atoms with E-state index < -0.39 is 18.5 Å². The minimum atomic E-state index is -0.914. The van der Waals surface area contributed by atoms with E-state index in [2.05, 4.69) is 15.8 Å². The van der Waals surface area contributed by atoms with Crippen molar-refractivity contribution < 1.29 is 44.8 Å². The normalized spacial score (nSPS) is 37.3. The summed E-state index contributed by atoms with van der Waals surface area (Å²) < 4.78 is 16.2. The summed E-state index contributed by atoms with van der Waals surface area (Å²) in [6, 6.07) is -0.158. The lowest BCUT2D eigenvalue weighted by Gasteiger charge is -2.36. The highest BCUT2D eigenvalue weighted by Gasteiger charge is 2.33. The van der Waals surface area contributed by atoms with E-state index in [0.29, 0.717) is 0 Å². The predicted molar refractivity (Wildman–Crippen MR) is 115 cm³/mol. The first-order chi connectivity index (χ1) is 15.3. The van der Waals surface area contributed by atoms with Gasteiger partial charge in [0.15, 0.2) is 12.6 Å². The summed E-state index contributed by atoms with van der Waals surface area (Å²) in [4.78, 5) is 0. The second-order valence-electron chi connectivity index (χ2n) is 8.26. The Labute approximate surface area is 189 Å². The molecule has 12 nitrogen and oxygen atoms in total. The van der Waals surface area contributed by atoms with E-state index in [1.807, 2.05) is 0 Å². The summed E-state index contributed by atoms with van der Waals surface area (Å²) in [5.41, 5.74) is 10.6. The summed E-state index contributed by atoms with van der Waals surface area (Å²) in [6.07, 6.45) is 1.13. The van der Waals surface area contributed by atoms with Crippen molar-refractivity contribution in [1.29, 1.82) is 0 Å². The van der Waals surface area contributed by atoms with Gasteiger partial charge in [-0.15, -0.1) is 0 Å². The molecule has 12 heteroatoms. The number of aliphatic hydroxyl groups is 6. The van der Waals surface area contributed by atoms with Crippen LogP contribution >= 0.6 is 0 Å². The van der Waals surface area contributed by atoms with E-state index in [9.17, 15) is 0 Å². The minimum absolute atomic E-state index is 0.00623. The van der Waals surface area contributed by atoms with E-state index in [1.54, 1.807) is 0 Å². The van der Waals surface area contributed by atoms with Crippen molar-refractivity contribution in [3.05, 3.63) is 0 Å². The number of nitrogens with two attached hydrogens (primary N) is 2. The number of nitrogens with one attached hydrogen (secondary N) is 1. The van der Waals surface area contributed by atoms with Gasteiger partial charge < -0.3 is 61.6 Å². The Morgan fingerprint density at radius 1 is 0.969 bits per heavy atom. The topological polar surface area (TPSA) is 213 Å². The molecule has 8 atom stereocenters. The van der Waals surface area contributed by atoms with Gasteiger partial charge in [0.05, 0.1) is 50.8 Å². The molecule has 2 heterocycles. The van der Waals surface area contributed by atoms with E-state index in [1.165, 1.54) is 7.05 Å². The fourth-order valence-corrected chi connectivity index (χ4v) is 3.93. The molecule has 0 amide bonds. The van der Waals surface area contributed by atoms with Gasteiger partial charge >= 0.3 is 0 Å². The predicted octanol–water partition coefficient (Wildman–Crippen LogP) is -3.29. The van der Waals surface area contributed by atoms with E-state index in [0.717, 1.165) is 32.1 Å². The summed E-state index contributed by atoms with van der Waals surface area (Å²) in [5.74, 6) is 0. The third-order valence-corrected chi connectivity index (χ3v) is 5.58. The molecule has 32 heavy (non-hydrogen) atoms. The van der Waals surface area contributed by atoms with Gasteiger partial charge in [0.25, 0.3) is 0 Å². The first-order valence-electron chi connectivity index (χ1n) is 11.2. The van der Waals surface area contributed by atoms with Crippen molar-refractivity contribution in [2.45, 2.75) is 93.6 Å². The van der Waals surface area contributed by atoms with Crippen LogP contribution in [0.2, 0.25) is 0 Å². The van der Waals surface area contributed by atoms with Gasteiger partial charge in [0.1, 0.15) is 6.10 Å². The Bertz CT molecular complexity index is 476. The first kappa shape index (κ1) is 29.6. The number of aliphatic hydroxyl groups excluding tert-OH is 6. The van der Waals surface area contributed by atoms with Gasteiger partial charge in [-0.25, -0.2) is 0 Å². The van der Waals surface area contributed by atoms with E-state index in [-0.39, 0.29) is 69.5 Å². The standard InChI is InChI=1S/C14H28N2O5.C5H10O4.CH5N/c15-9-3-10(16-11(6-17)7-18)5-13(4-9)21-14-2-1-12(8-19)20-14;6-3-1-5(8)9-2-4(3)7;1-2/h9-14,16-19H,1-8,15H2;3-8H,1-2H2;2H2,1H3/t;3?,4-,5+;/m.1./s1. The summed E-state index contributed by atoms with van der Waals surface area (Å²) in [5, 5.41) is 57.0. The van der Waals surface area contributed by atoms with Gasteiger partial charge in [0, 0.05) is 24.9 Å². The lowest BCUT2D eigenvalue weighted by molar-refractivity contribution is -0.193. The lowest BCUT2D eigenvalue weighted by Crippen LogP contribution is -2.51. The van der Waals surface area contributed by atoms with Crippen LogP contribution < -0.4 is 16.8 Å². The molecule has 2 saturated heterocycles. The second kappa shape index (κ2) is 16.2. The Morgan fingerprint density at radius 3 is 2.19 bits per heavy atom. The fraction of sp³-hybridized carbons (Fsp3) is 1.00. The smallest absolute Gasteiger partial charge is 0.158 e. The van der Waals surface area contributed by atoms with E-state index >= 15 is 0 Å². The lowest BCUT2D eigenvalue weighted by atomic mass is 9.88. The van der Waals surface area contributed by atoms with Crippen LogP contribution in [0.5, 0.6) is 0 Å². The highest BCUT2D eigenvalue weighted by atomic mass is 16.7. The molecule has 1 saturated carbocycles. The molecule has 0 aromatic carbocycles. The third-order valence-electron chi connectivity index (χ3n) is 5.58. The maximum Gasteiger partial charge on any atom is 0.158 e. The molecule has 0 spiro atoms. The summed E-state index contributed by atoms with van der Waals surface area (Å²) in [6.45, 7) is -0.152. The van der Waals surface area contributed by atoms with Crippen LogP contribution in [-0.4, -0.2) is 119 Å². The Balaban J connectivity index is 0.000000388. The first-order valence-corrected chi connectivity index (χ1v) is 11.2. The SMILES string of the molecule is CN.NC1CC(NC(CO)CO)CC(OC2CCC(CO)O2)C1.OC1C[C@@H](O)OC[C@H]1O. The van der Waals surface area contributed by atoms with Crippen LogP contribution in [-0.2, 0) is 14.2 Å². The molecule has 11 N–H and O–H groups in total. The Hall–Kier alpha value is -0.480. The number of hydrogen-bond acceptors (Lipinski definition) is 12. The van der Waals surface area contributed by atoms with Gasteiger partial charge in [-0.3, -0.25) is 0 Å².